The molecule has 5 nitrogen and oxygen atoms in total. The van der Waals surface area contributed by atoms with Gasteiger partial charge in [0, 0.05) is 23.5 Å². The molecule has 0 unspecified atom stereocenters. The van der Waals surface area contributed by atoms with Crippen molar-refractivity contribution >= 4 is 16.9 Å². The van der Waals surface area contributed by atoms with Crippen LogP contribution in [0.25, 0.3) is 33.4 Å². The number of hydrogen-bond acceptors (Lipinski definition) is 4. The van der Waals surface area contributed by atoms with E-state index < -0.39 is 5.97 Å². The Bertz CT molecular complexity index is 1400. The SMILES string of the molecule is Cc1c(-c2ccccc2)cccc1-c1cc2cc3c(c(C#N)c2o1)CC[C@H]3NCCC(=O)O. The fourth-order valence-corrected chi connectivity index (χ4v) is 4.92. The normalized spacial score (nSPS) is 14.8. The van der Waals surface area contributed by atoms with Crippen LogP contribution in [0.15, 0.2) is 65.1 Å². The van der Waals surface area contributed by atoms with Gasteiger partial charge in [-0.1, -0.05) is 48.5 Å². The van der Waals surface area contributed by atoms with Crippen LogP contribution in [-0.4, -0.2) is 17.6 Å². The van der Waals surface area contributed by atoms with Gasteiger partial charge < -0.3 is 14.8 Å². The number of fused-ring (bicyclic) bond motifs is 2. The second-order valence-electron chi connectivity index (χ2n) is 8.49. The molecule has 1 aromatic heterocycles. The zero-order chi connectivity index (χ0) is 22.9. The van der Waals surface area contributed by atoms with Gasteiger partial charge in [-0.25, -0.2) is 0 Å². The van der Waals surface area contributed by atoms with Gasteiger partial charge in [-0.15, -0.1) is 0 Å². The van der Waals surface area contributed by atoms with E-state index in [1.54, 1.807) is 0 Å². The van der Waals surface area contributed by atoms with Crippen LogP contribution in [0.2, 0.25) is 0 Å². The molecule has 1 aliphatic rings. The second kappa shape index (κ2) is 8.57. The number of furan rings is 1. The molecule has 3 aromatic carbocycles. The fraction of sp³-hybridized carbons (Fsp3) is 0.214. The number of rotatable bonds is 6. The Balaban J connectivity index is 1.57. The number of carboxylic acid groups (broad SMARTS) is 1. The minimum Gasteiger partial charge on any atom is -0.481 e. The van der Waals surface area contributed by atoms with E-state index in [2.05, 4.69) is 48.6 Å². The Morgan fingerprint density at radius 1 is 1.15 bits per heavy atom. The highest BCUT2D eigenvalue weighted by molar-refractivity contribution is 5.90. The van der Waals surface area contributed by atoms with Crippen molar-refractivity contribution in [2.24, 2.45) is 0 Å². The Morgan fingerprint density at radius 2 is 1.94 bits per heavy atom. The zero-order valence-corrected chi connectivity index (χ0v) is 18.4. The molecule has 164 valence electrons. The van der Waals surface area contributed by atoms with Gasteiger partial charge in [0.05, 0.1) is 12.0 Å². The minimum absolute atomic E-state index is 0.0531. The number of benzene rings is 3. The van der Waals surface area contributed by atoms with Crippen LogP contribution in [0, 0.1) is 18.3 Å². The molecule has 0 radical (unpaired) electrons. The third-order valence-corrected chi connectivity index (χ3v) is 6.53. The number of nitrogens with zero attached hydrogens (tertiary/aromatic N) is 1. The second-order valence-corrected chi connectivity index (χ2v) is 8.49. The first-order valence-electron chi connectivity index (χ1n) is 11.2. The molecule has 0 spiro atoms. The molecule has 1 heterocycles. The maximum Gasteiger partial charge on any atom is 0.304 e. The number of aliphatic carboxylic acids is 1. The number of nitrogens with one attached hydrogen (secondary N) is 1. The predicted octanol–water partition coefficient (Wildman–Crippen LogP) is 6.00. The number of nitriles is 1. The number of carbonyl (C=O) groups is 1. The summed E-state index contributed by atoms with van der Waals surface area (Å²) in [7, 11) is 0. The lowest BCUT2D eigenvalue weighted by atomic mass is 9.95. The van der Waals surface area contributed by atoms with Gasteiger partial charge in [0.1, 0.15) is 11.8 Å². The molecule has 0 saturated heterocycles. The van der Waals surface area contributed by atoms with E-state index in [9.17, 15) is 10.1 Å². The first kappa shape index (κ1) is 21.0. The van der Waals surface area contributed by atoms with E-state index >= 15 is 0 Å². The monoisotopic (exact) mass is 436 g/mol. The van der Waals surface area contributed by atoms with Gasteiger partial charge in [-0.05, 0) is 59.7 Å². The standard InChI is InChI=1S/C28H24N2O3/c1-17-20(18-6-3-2-4-7-18)8-5-9-21(17)26-15-19-14-23-22(24(16-29)28(19)33-26)10-11-25(23)30-13-12-27(31)32/h2-9,14-15,25,30H,10-13H2,1H3,(H,31,32)/t25-/m1/s1. The Kier molecular flexibility index (Phi) is 5.45. The lowest BCUT2D eigenvalue weighted by molar-refractivity contribution is -0.136. The lowest BCUT2D eigenvalue weighted by Gasteiger charge is -2.13. The summed E-state index contributed by atoms with van der Waals surface area (Å²) in [4.78, 5) is 10.9. The molecule has 0 fully saturated rings. The Morgan fingerprint density at radius 3 is 2.70 bits per heavy atom. The minimum atomic E-state index is -0.818. The van der Waals surface area contributed by atoms with Crippen LogP contribution in [0.3, 0.4) is 0 Å². The molecule has 1 aliphatic carbocycles. The first-order valence-corrected chi connectivity index (χ1v) is 11.2. The summed E-state index contributed by atoms with van der Waals surface area (Å²) in [6, 6.07) is 23.0. The summed E-state index contributed by atoms with van der Waals surface area (Å²) in [5, 5.41) is 23.1. The van der Waals surface area contributed by atoms with E-state index in [1.807, 2.05) is 30.3 Å². The first-order chi connectivity index (χ1) is 16.1. The summed E-state index contributed by atoms with van der Waals surface area (Å²) in [6.07, 6.45) is 1.70. The topological polar surface area (TPSA) is 86.3 Å². The highest BCUT2D eigenvalue weighted by atomic mass is 16.4. The van der Waals surface area contributed by atoms with Crippen molar-refractivity contribution in [2.45, 2.75) is 32.2 Å². The molecule has 33 heavy (non-hydrogen) atoms. The predicted molar refractivity (Wildman–Crippen MR) is 128 cm³/mol. The van der Waals surface area contributed by atoms with Gasteiger partial charge in [0.25, 0.3) is 0 Å². The third-order valence-electron chi connectivity index (χ3n) is 6.53. The van der Waals surface area contributed by atoms with Gasteiger partial charge in [0.15, 0.2) is 5.58 Å². The quantitative estimate of drug-likeness (QED) is 0.387. The van der Waals surface area contributed by atoms with Crippen molar-refractivity contribution in [3.63, 3.8) is 0 Å². The van der Waals surface area contributed by atoms with Gasteiger partial charge in [0.2, 0.25) is 0 Å². The van der Waals surface area contributed by atoms with Crippen LogP contribution in [-0.2, 0) is 11.2 Å². The van der Waals surface area contributed by atoms with Crippen molar-refractivity contribution in [1.82, 2.24) is 5.32 Å². The van der Waals surface area contributed by atoms with Crippen LogP contribution in [0.5, 0.6) is 0 Å². The molecule has 0 aliphatic heterocycles. The van der Waals surface area contributed by atoms with Crippen LogP contribution < -0.4 is 5.32 Å². The van der Waals surface area contributed by atoms with Gasteiger partial charge in [-0.2, -0.15) is 5.26 Å². The van der Waals surface area contributed by atoms with Gasteiger partial charge >= 0.3 is 5.97 Å². The molecule has 0 bridgehead atoms. The van der Waals surface area contributed by atoms with Crippen molar-refractivity contribution in [1.29, 1.82) is 5.26 Å². The molecular formula is C28H24N2O3. The van der Waals surface area contributed by atoms with E-state index in [4.69, 9.17) is 9.52 Å². The maximum atomic E-state index is 10.9. The lowest BCUT2D eigenvalue weighted by Crippen LogP contribution is -2.22. The van der Waals surface area contributed by atoms with Crippen LogP contribution in [0.1, 0.15) is 41.1 Å². The number of hydrogen-bond donors (Lipinski definition) is 2. The van der Waals surface area contributed by atoms with Crippen molar-refractivity contribution in [3.05, 3.63) is 82.9 Å². The van der Waals surface area contributed by atoms with Gasteiger partial charge in [-0.3, -0.25) is 4.79 Å². The average molecular weight is 437 g/mol. The zero-order valence-electron chi connectivity index (χ0n) is 18.4. The Hall–Kier alpha value is -3.88. The van der Waals surface area contributed by atoms with E-state index in [-0.39, 0.29) is 12.5 Å². The molecule has 1 atom stereocenters. The van der Waals surface area contributed by atoms with E-state index in [0.717, 1.165) is 57.4 Å². The summed E-state index contributed by atoms with van der Waals surface area (Å²) in [5.41, 5.74) is 7.74. The molecule has 2 N–H and O–H groups in total. The molecule has 5 heteroatoms. The average Bonchev–Trinajstić information content (AvgIpc) is 3.42. The van der Waals surface area contributed by atoms with E-state index in [0.29, 0.717) is 17.7 Å². The highest BCUT2D eigenvalue weighted by Gasteiger charge is 2.28. The molecule has 0 amide bonds. The molecule has 0 saturated carbocycles. The smallest absolute Gasteiger partial charge is 0.304 e. The number of carboxylic acids is 1. The summed E-state index contributed by atoms with van der Waals surface area (Å²) in [5.74, 6) is -0.0719. The van der Waals surface area contributed by atoms with E-state index in [1.165, 1.54) is 0 Å². The Labute approximate surface area is 192 Å². The van der Waals surface area contributed by atoms with Crippen LogP contribution in [0.4, 0.5) is 0 Å². The molecule has 5 rings (SSSR count). The fourth-order valence-electron chi connectivity index (χ4n) is 4.92. The third kappa shape index (κ3) is 3.79. The maximum absolute atomic E-state index is 10.9. The van der Waals surface area contributed by atoms with Crippen LogP contribution >= 0.6 is 0 Å². The molecule has 4 aromatic rings. The van der Waals surface area contributed by atoms with Crippen molar-refractivity contribution in [2.75, 3.05) is 6.54 Å². The summed E-state index contributed by atoms with van der Waals surface area (Å²) in [6.45, 7) is 2.50. The largest absolute Gasteiger partial charge is 0.481 e. The van der Waals surface area contributed by atoms with Crippen molar-refractivity contribution < 1.29 is 14.3 Å². The van der Waals surface area contributed by atoms with Crippen molar-refractivity contribution in [3.8, 4) is 28.5 Å². The summed E-state index contributed by atoms with van der Waals surface area (Å²) < 4.78 is 6.30. The summed E-state index contributed by atoms with van der Waals surface area (Å²) >= 11 is 0. The highest BCUT2D eigenvalue weighted by Crippen LogP contribution is 2.41. The molecular weight excluding hydrogens is 412 g/mol.